The third kappa shape index (κ3) is 4.25. The van der Waals surface area contributed by atoms with Crippen LogP contribution in [0.25, 0.3) is 22.2 Å². The monoisotopic (exact) mass is 404 g/mol. The zero-order valence-corrected chi connectivity index (χ0v) is 16.8. The van der Waals surface area contributed by atoms with E-state index in [2.05, 4.69) is 34.3 Å². The average molecular weight is 404 g/mol. The Labute approximate surface area is 171 Å². The molecule has 0 aliphatic rings. The van der Waals surface area contributed by atoms with Crippen molar-refractivity contribution in [3.8, 4) is 11.3 Å². The number of hydrogen-bond acceptors (Lipinski definition) is 5. The summed E-state index contributed by atoms with van der Waals surface area (Å²) >= 11 is 1.36. The van der Waals surface area contributed by atoms with Gasteiger partial charge >= 0.3 is 0 Å². The molecule has 2 heterocycles. The quantitative estimate of drug-likeness (QED) is 0.525. The van der Waals surface area contributed by atoms with Gasteiger partial charge in [-0.3, -0.25) is 14.2 Å². The molecule has 0 radical (unpaired) electrons. The van der Waals surface area contributed by atoms with Crippen molar-refractivity contribution in [3.63, 3.8) is 0 Å². The second-order valence-electron chi connectivity index (χ2n) is 6.73. The fourth-order valence-corrected chi connectivity index (χ4v) is 3.86. The zero-order valence-electron chi connectivity index (χ0n) is 16.0. The van der Waals surface area contributed by atoms with Crippen LogP contribution in [-0.4, -0.2) is 20.4 Å². The van der Waals surface area contributed by atoms with Crippen molar-refractivity contribution in [1.29, 1.82) is 0 Å². The van der Waals surface area contributed by atoms with E-state index in [0.29, 0.717) is 16.0 Å². The SMILES string of the molecule is CCCc1ccc(-c2csc(NC(=O)Cn3cnc4ccccc4c3=O)n2)cc1. The molecule has 1 N–H and O–H groups in total. The number of fused-ring (bicyclic) bond motifs is 1. The Morgan fingerprint density at radius 3 is 2.72 bits per heavy atom. The summed E-state index contributed by atoms with van der Waals surface area (Å²) in [6.07, 6.45) is 3.57. The minimum absolute atomic E-state index is 0.114. The number of nitrogens with zero attached hydrogens (tertiary/aromatic N) is 3. The number of rotatable bonds is 6. The standard InChI is InChI=1S/C22H20N4O2S/c1-2-5-15-8-10-16(11-9-15)19-13-29-22(24-19)25-20(27)12-26-14-23-18-7-4-3-6-17(18)21(26)28/h3-4,6-11,13-14H,2,5,12H2,1H3,(H,24,25,27). The van der Waals surface area contributed by atoms with Gasteiger partial charge in [0.15, 0.2) is 5.13 Å². The molecule has 6 nitrogen and oxygen atoms in total. The van der Waals surface area contributed by atoms with Gasteiger partial charge in [-0.15, -0.1) is 11.3 Å². The number of anilines is 1. The van der Waals surface area contributed by atoms with E-state index in [9.17, 15) is 9.59 Å². The molecule has 4 aromatic rings. The van der Waals surface area contributed by atoms with Gasteiger partial charge in [-0.05, 0) is 24.1 Å². The Kier molecular flexibility index (Phi) is 5.48. The Bertz CT molecular complexity index is 1210. The maximum atomic E-state index is 12.5. The maximum absolute atomic E-state index is 12.5. The van der Waals surface area contributed by atoms with E-state index in [1.807, 2.05) is 23.6 Å². The number of nitrogens with one attached hydrogen (secondary N) is 1. The van der Waals surface area contributed by atoms with Crippen LogP contribution in [0.5, 0.6) is 0 Å². The van der Waals surface area contributed by atoms with Gasteiger partial charge in [-0.2, -0.15) is 0 Å². The summed E-state index contributed by atoms with van der Waals surface area (Å²) in [5.74, 6) is -0.316. The van der Waals surface area contributed by atoms with Gasteiger partial charge in [0.05, 0.1) is 22.9 Å². The lowest BCUT2D eigenvalue weighted by atomic mass is 10.1. The number of benzene rings is 2. The molecule has 0 unspecified atom stereocenters. The van der Waals surface area contributed by atoms with Crippen LogP contribution in [0.1, 0.15) is 18.9 Å². The van der Waals surface area contributed by atoms with Gasteiger partial charge in [-0.1, -0.05) is 49.7 Å². The van der Waals surface area contributed by atoms with E-state index < -0.39 is 0 Å². The topological polar surface area (TPSA) is 76.9 Å². The first-order valence-electron chi connectivity index (χ1n) is 9.43. The second kappa shape index (κ2) is 8.36. The Morgan fingerprint density at radius 2 is 1.93 bits per heavy atom. The molecule has 2 aromatic heterocycles. The summed E-state index contributed by atoms with van der Waals surface area (Å²) in [5, 5.41) is 5.68. The number of para-hydroxylation sites is 1. The molecule has 0 aliphatic carbocycles. The van der Waals surface area contributed by atoms with Crippen molar-refractivity contribution in [3.05, 3.63) is 76.2 Å². The van der Waals surface area contributed by atoms with E-state index in [0.717, 1.165) is 24.1 Å². The molecular formula is C22H20N4O2S. The van der Waals surface area contributed by atoms with Crippen LogP contribution in [0.3, 0.4) is 0 Å². The Hall–Kier alpha value is -3.32. The summed E-state index contributed by atoms with van der Waals surface area (Å²) in [6.45, 7) is 2.04. The molecule has 4 rings (SSSR count). The Balaban J connectivity index is 1.45. The number of hydrogen-bond donors (Lipinski definition) is 1. The molecule has 29 heavy (non-hydrogen) atoms. The third-order valence-electron chi connectivity index (χ3n) is 4.58. The lowest BCUT2D eigenvalue weighted by Crippen LogP contribution is -2.27. The van der Waals surface area contributed by atoms with E-state index in [1.54, 1.807) is 18.2 Å². The van der Waals surface area contributed by atoms with Crippen LogP contribution >= 0.6 is 11.3 Å². The van der Waals surface area contributed by atoms with Crippen molar-refractivity contribution < 1.29 is 4.79 Å². The molecule has 0 atom stereocenters. The molecule has 1 amide bonds. The van der Waals surface area contributed by atoms with Gasteiger partial charge < -0.3 is 5.32 Å². The number of carbonyl (C=O) groups is 1. The fourth-order valence-electron chi connectivity index (χ4n) is 3.13. The highest BCUT2D eigenvalue weighted by Gasteiger charge is 2.11. The van der Waals surface area contributed by atoms with Crippen LogP contribution < -0.4 is 10.9 Å². The maximum Gasteiger partial charge on any atom is 0.261 e. The smallest absolute Gasteiger partial charge is 0.261 e. The van der Waals surface area contributed by atoms with Crippen molar-refractivity contribution >= 4 is 33.3 Å². The van der Waals surface area contributed by atoms with Crippen molar-refractivity contribution in [2.75, 3.05) is 5.32 Å². The van der Waals surface area contributed by atoms with Gasteiger partial charge in [0.1, 0.15) is 6.54 Å². The van der Waals surface area contributed by atoms with Crippen molar-refractivity contribution in [2.24, 2.45) is 0 Å². The molecule has 0 aliphatic heterocycles. The van der Waals surface area contributed by atoms with Crippen LogP contribution in [0, 0.1) is 0 Å². The van der Waals surface area contributed by atoms with E-state index in [1.165, 1.54) is 27.8 Å². The minimum Gasteiger partial charge on any atom is -0.300 e. The first-order chi connectivity index (χ1) is 14.1. The average Bonchev–Trinajstić information content (AvgIpc) is 3.19. The largest absolute Gasteiger partial charge is 0.300 e. The van der Waals surface area contributed by atoms with Crippen molar-refractivity contribution in [2.45, 2.75) is 26.3 Å². The van der Waals surface area contributed by atoms with Crippen molar-refractivity contribution in [1.82, 2.24) is 14.5 Å². The predicted molar refractivity (Wildman–Crippen MR) is 116 cm³/mol. The highest BCUT2D eigenvalue weighted by atomic mass is 32.1. The highest BCUT2D eigenvalue weighted by Crippen LogP contribution is 2.25. The number of aryl methyl sites for hydroxylation is 1. The van der Waals surface area contributed by atoms with Gasteiger partial charge in [0, 0.05) is 10.9 Å². The number of aromatic nitrogens is 3. The van der Waals surface area contributed by atoms with Gasteiger partial charge in [-0.25, -0.2) is 9.97 Å². The first kappa shape index (κ1) is 19.0. The normalized spacial score (nSPS) is 10.9. The molecule has 7 heteroatoms. The first-order valence-corrected chi connectivity index (χ1v) is 10.3. The lowest BCUT2D eigenvalue weighted by Gasteiger charge is -2.06. The molecule has 0 spiro atoms. The molecule has 0 saturated carbocycles. The van der Waals surface area contributed by atoms with E-state index in [4.69, 9.17) is 0 Å². The number of thiazole rings is 1. The van der Waals surface area contributed by atoms with Crippen LogP contribution in [0.15, 0.2) is 65.0 Å². The third-order valence-corrected chi connectivity index (χ3v) is 5.34. The number of carbonyl (C=O) groups excluding carboxylic acids is 1. The molecule has 146 valence electrons. The molecule has 2 aromatic carbocycles. The van der Waals surface area contributed by atoms with Gasteiger partial charge in [0.25, 0.3) is 5.56 Å². The highest BCUT2D eigenvalue weighted by molar-refractivity contribution is 7.14. The van der Waals surface area contributed by atoms with Gasteiger partial charge in [0.2, 0.25) is 5.91 Å². The minimum atomic E-state index is -0.316. The zero-order chi connectivity index (χ0) is 20.2. The van der Waals surface area contributed by atoms with Crippen LogP contribution in [0.4, 0.5) is 5.13 Å². The fraction of sp³-hybridized carbons (Fsp3) is 0.182. The summed E-state index contributed by atoms with van der Waals surface area (Å²) in [4.78, 5) is 33.6. The van der Waals surface area contributed by atoms with E-state index >= 15 is 0 Å². The summed E-state index contributed by atoms with van der Waals surface area (Å²) in [5.41, 5.74) is 3.50. The summed E-state index contributed by atoms with van der Waals surface area (Å²) in [7, 11) is 0. The Morgan fingerprint density at radius 1 is 1.14 bits per heavy atom. The molecule has 0 bridgehead atoms. The summed E-state index contributed by atoms with van der Waals surface area (Å²) < 4.78 is 1.30. The second-order valence-corrected chi connectivity index (χ2v) is 7.59. The van der Waals surface area contributed by atoms with Crippen LogP contribution in [0.2, 0.25) is 0 Å². The summed E-state index contributed by atoms with van der Waals surface area (Å²) in [6, 6.07) is 15.4. The van der Waals surface area contributed by atoms with Crippen LogP contribution in [-0.2, 0) is 17.8 Å². The molecule has 0 saturated heterocycles. The molecule has 0 fully saturated rings. The molecular weight excluding hydrogens is 384 g/mol. The lowest BCUT2D eigenvalue weighted by molar-refractivity contribution is -0.116. The van der Waals surface area contributed by atoms with E-state index in [-0.39, 0.29) is 18.0 Å². The number of amides is 1. The predicted octanol–water partition coefficient (Wildman–Crippen LogP) is 4.11.